The highest BCUT2D eigenvalue weighted by atomic mass is 19.4. The normalized spacial score (nSPS) is 12.1. The SMILES string of the molecule is CC(C)Nc1cc2nc(C(F)(F)F)ncc2[nH]c1=O. The molecule has 0 bridgehead atoms. The number of aromatic nitrogens is 3. The summed E-state index contributed by atoms with van der Waals surface area (Å²) in [6.07, 6.45) is -3.67. The van der Waals surface area contributed by atoms with Crippen molar-refractivity contribution in [1.29, 1.82) is 0 Å². The maximum atomic E-state index is 12.5. The van der Waals surface area contributed by atoms with Crippen LogP contribution in [-0.4, -0.2) is 21.0 Å². The second-order valence-electron chi connectivity index (χ2n) is 4.30. The summed E-state index contributed by atoms with van der Waals surface area (Å²) in [6, 6.07) is 1.26. The lowest BCUT2D eigenvalue weighted by Crippen LogP contribution is -2.20. The van der Waals surface area contributed by atoms with Crippen LogP contribution in [0.5, 0.6) is 0 Å². The molecular weight excluding hydrogens is 261 g/mol. The van der Waals surface area contributed by atoms with Gasteiger partial charge in [0, 0.05) is 6.04 Å². The van der Waals surface area contributed by atoms with Gasteiger partial charge in [0.2, 0.25) is 5.82 Å². The maximum absolute atomic E-state index is 12.5. The van der Waals surface area contributed by atoms with Crippen LogP contribution < -0.4 is 10.9 Å². The van der Waals surface area contributed by atoms with Gasteiger partial charge in [0.15, 0.2) is 0 Å². The minimum Gasteiger partial charge on any atom is -0.378 e. The molecule has 2 rings (SSSR count). The summed E-state index contributed by atoms with van der Waals surface area (Å²) in [4.78, 5) is 20.7. The summed E-state index contributed by atoms with van der Waals surface area (Å²) in [6.45, 7) is 3.62. The third kappa shape index (κ3) is 2.83. The van der Waals surface area contributed by atoms with Crippen LogP contribution in [0.4, 0.5) is 18.9 Å². The van der Waals surface area contributed by atoms with E-state index in [9.17, 15) is 18.0 Å². The van der Waals surface area contributed by atoms with Crippen LogP contribution in [-0.2, 0) is 6.18 Å². The van der Waals surface area contributed by atoms with Gasteiger partial charge in [-0.2, -0.15) is 13.2 Å². The molecule has 19 heavy (non-hydrogen) atoms. The number of fused-ring (bicyclic) bond motifs is 1. The van der Waals surface area contributed by atoms with Crippen LogP contribution in [0.25, 0.3) is 11.0 Å². The number of nitrogens with one attached hydrogen (secondary N) is 2. The van der Waals surface area contributed by atoms with Crippen molar-refractivity contribution < 1.29 is 13.2 Å². The Balaban J connectivity index is 2.58. The molecule has 2 N–H and O–H groups in total. The van der Waals surface area contributed by atoms with Gasteiger partial charge >= 0.3 is 6.18 Å². The molecule has 2 heterocycles. The van der Waals surface area contributed by atoms with Gasteiger partial charge in [0.25, 0.3) is 5.56 Å². The standard InChI is InChI=1S/C11H11F3N4O/c1-5(2)16-7-3-6-8(17-9(7)19)4-15-10(18-6)11(12,13)14/h3-5,16H,1-2H3,(H,17,19). The summed E-state index contributed by atoms with van der Waals surface area (Å²) < 4.78 is 37.5. The van der Waals surface area contributed by atoms with Crippen molar-refractivity contribution in [3.63, 3.8) is 0 Å². The van der Waals surface area contributed by atoms with Crippen LogP contribution in [0.1, 0.15) is 19.7 Å². The zero-order valence-electron chi connectivity index (χ0n) is 10.2. The minimum absolute atomic E-state index is 0.0255. The third-order valence-corrected chi connectivity index (χ3v) is 2.29. The molecular formula is C11H11F3N4O. The van der Waals surface area contributed by atoms with Crippen molar-refractivity contribution in [3.05, 3.63) is 28.4 Å². The quantitative estimate of drug-likeness (QED) is 0.878. The van der Waals surface area contributed by atoms with Crippen molar-refractivity contribution in [3.8, 4) is 0 Å². The molecule has 0 atom stereocenters. The Labute approximate surface area is 105 Å². The van der Waals surface area contributed by atoms with E-state index in [-0.39, 0.29) is 22.8 Å². The number of hydrogen-bond donors (Lipinski definition) is 2. The molecule has 5 nitrogen and oxygen atoms in total. The maximum Gasteiger partial charge on any atom is 0.451 e. The fourth-order valence-corrected chi connectivity index (χ4v) is 1.55. The summed E-state index contributed by atoms with van der Waals surface area (Å²) in [5.74, 6) is -1.23. The molecule has 0 spiro atoms. The summed E-state index contributed by atoms with van der Waals surface area (Å²) in [7, 11) is 0. The number of H-pyrrole nitrogens is 1. The number of aromatic amines is 1. The first-order chi connectivity index (χ1) is 8.77. The second-order valence-corrected chi connectivity index (χ2v) is 4.30. The monoisotopic (exact) mass is 272 g/mol. The minimum atomic E-state index is -4.62. The van der Waals surface area contributed by atoms with Gasteiger partial charge in [-0.1, -0.05) is 0 Å². The Kier molecular flexibility index (Phi) is 3.17. The lowest BCUT2D eigenvalue weighted by atomic mass is 10.3. The molecule has 0 aromatic carbocycles. The molecule has 0 unspecified atom stereocenters. The highest BCUT2D eigenvalue weighted by Crippen LogP contribution is 2.26. The number of nitrogens with zero attached hydrogens (tertiary/aromatic N) is 2. The molecule has 0 fully saturated rings. The Morgan fingerprint density at radius 2 is 2.05 bits per heavy atom. The first kappa shape index (κ1) is 13.3. The van der Waals surface area contributed by atoms with E-state index in [2.05, 4.69) is 20.3 Å². The topological polar surface area (TPSA) is 70.7 Å². The highest BCUT2D eigenvalue weighted by Gasteiger charge is 2.34. The van der Waals surface area contributed by atoms with Gasteiger partial charge in [-0.15, -0.1) is 0 Å². The molecule has 0 amide bonds. The number of anilines is 1. The fraction of sp³-hybridized carbons (Fsp3) is 0.364. The van der Waals surface area contributed by atoms with E-state index in [1.54, 1.807) is 0 Å². The number of alkyl halides is 3. The van der Waals surface area contributed by atoms with E-state index in [0.29, 0.717) is 0 Å². The second kappa shape index (κ2) is 4.52. The van der Waals surface area contributed by atoms with Gasteiger partial charge < -0.3 is 10.3 Å². The smallest absolute Gasteiger partial charge is 0.378 e. The first-order valence-corrected chi connectivity index (χ1v) is 5.51. The average Bonchev–Trinajstić information content (AvgIpc) is 2.27. The number of hydrogen-bond acceptors (Lipinski definition) is 4. The van der Waals surface area contributed by atoms with Crippen LogP contribution in [0.2, 0.25) is 0 Å². The number of pyridine rings is 1. The van der Waals surface area contributed by atoms with Crippen LogP contribution in [0.15, 0.2) is 17.1 Å². The van der Waals surface area contributed by atoms with Crippen molar-refractivity contribution in [2.75, 3.05) is 5.32 Å². The van der Waals surface area contributed by atoms with Crippen LogP contribution >= 0.6 is 0 Å². The van der Waals surface area contributed by atoms with Crippen molar-refractivity contribution in [1.82, 2.24) is 15.0 Å². The van der Waals surface area contributed by atoms with Crippen LogP contribution in [0, 0.1) is 0 Å². The Hall–Kier alpha value is -2.12. The van der Waals surface area contributed by atoms with Crippen molar-refractivity contribution in [2.24, 2.45) is 0 Å². The highest BCUT2D eigenvalue weighted by molar-refractivity contribution is 5.76. The van der Waals surface area contributed by atoms with Gasteiger partial charge in [-0.25, -0.2) is 9.97 Å². The van der Waals surface area contributed by atoms with Crippen LogP contribution in [0.3, 0.4) is 0 Å². The summed E-state index contributed by atoms with van der Waals surface area (Å²) >= 11 is 0. The van der Waals surface area contributed by atoms with Gasteiger partial charge in [-0.3, -0.25) is 4.79 Å². The lowest BCUT2D eigenvalue weighted by Gasteiger charge is -2.10. The Bertz CT molecular complexity index is 663. The molecule has 102 valence electrons. The summed E-state index contributed by atoms with van der Waals surface area (Å²) in [5, 5.41) is 2.84. The molecule has 0 saturated carbocycles. The predicted molar refractivity (Wildman–Crippen MR) is 63.9 cm³/mol. The van der Waals surface area contributed by atoms with E-state index < -0.39 is 17.6 Å². The molecule has 0 radical (unpaired) electrons. The third-order valence-electron chi connectivity index (χ3n) is 2.29. The van der Waals surface area contributed by atoms with Gasteiger partial charge in [0.1, 0.15) is 5.69 Å². The Morgan fingerprint density at radius 1 is 1.37 bits per heavy atom. The van der Waals surface area contributed by atoms with E-state index in [0.717, 1.165) is 6.20 Å². The average molecular weight is 272 g/mol. The predicted octanol–water partition coefficient (Wildman–Crippen LogP) is 2.16. The van der Waals surface area contributed by atoms with E-state index >= 15 is 0 Å². The molecule has 2 aromatic heterocycles. The van der Waals surface area contributed by atoms with Crippen molar-refractivity contribution in [2.45, 2.75) is 26.1 Å². The van der Waals surface area contributed by atoms with E-state index in [1.165, 1.54) is 6.07 Å². The van der Waals surface area contributed by atoms with Crippen molar-refractivity contribution >= 4 is 16.7 Å². The fourth-order valence-electron chi connectivity index (χ4n) is 1.55. The largest absolute Gasteiger partial charge is 0.451 e. The number of rotatable bonds is 2. The molecule has 0 aliphatic carbocycles. The van der Waals surface area contributed by atoms with Gasteiger partial charge in [-0.05, 0) is 19.9 Å². The van der Waals surface area contributed by atoms with E-state index in [1.807, 2.05) is 13.8 Å². The molecule has 0 saturated heterocycles. The summed E-state index contributed by atoms with van der Waals surface area (Å²) in [5.41, 5.74) is -0.0590. The molecule has 0 aliphatic rings. The van der Waals surface area contributed by atoms with E-state index in [4.69, 9.17) is 0 Å². The number of halogens is 3. The zero-order valence-corrected chi connectivity index (χ0v) is 10.2. The lowest BCUT2D eigenvalue weighted by molar-refractivity contribution is -0.144. The molecule has 0 aliphatic heterocycles. The molecule has 2 aromatic rings. The molecule has 8 heteroatoms. The zero-order chi connectivity index (χ0) is 14.2. The Morgan fingerprint density at radius 3 is 2.63 bits per heavy atom. The van der Waals surface area contributed by atoms with Gasteiger partial charge in [0.05, 0.1) is 17.2 Å². The first-order valence-electron chi connectivity index (χ1n) is 5.51.